The average molecular weight is 294 g/mol. The summed E-state index contributed by atoms with van der Waals surface area (Å²) in [5, 5.41) is 12.7. The van der Waals surface area contributed by atoms with Crippen LogP contribution in [0, 0.1) is 0 Å². The third-order valence-corrected chi connectivity index (χ3v) is 3.25. The predicted octanol–water partition coefficient (Wildman–Crippen LogP) is 2.42. The van der Waals surface area contributed by atoms with Gasteiger partial charge in [0.2, 0.25) is 5.91 Å². The Morgan fingerprint density at radius 3 is 2.59 bits per heavy atom. The second-order valence-electron chi connectivity index (χ2n) is 4.77. The summed E-state index contributed by atoms with van der Waals surface area (Å²) in [6.45, 7) is 0. The standard InChI is InChI=1S/C16H14N4O2/c21-15(20-22)9-11-5-7-12(8-6-11)19-16-13-3-1-2-4-14(13)17-10-18-16/h1-8,10,22H,9H2,(H,20,21)(H,17,18,19). The van der Waals surface area contributed by atoms with Gasteiger partial charge in [0.25, 0.3) is 0 Å². The lowest BCUT2D eigenvalue weighted by Gasteiger charge is -2.09. The van der Waals surface area contributed by atoms with Crippen LogP contribution in [0.5, 0.6) is 0 Å². The van der Waals surface area contributed by atoms with E-state index in [1.807, 2.05) is 48.5 Å². The van der Waals surface area contributed by atoms with E-state index >= 15 is 0 Å². The molecule has 0 unspecified atom stereocenters. The fraction of sp³-hybridized carbons (Fsp3) is 0.0625. The predicted molar refractivity (Wildman–Crippen MR) is 82.9 cm³/mol. The number of benzene rings is 2. The van der Waals surface area contributed by atoms with Crippen molar-refractivity contribution in [3.63, 3.8) is 0 Å². The van der Waals surface area contributed by atoms with E-state index < -0.39 is 5.91 Å². The van der Waals surface area contributed by atoms with Crippen molar-refractivity contribution >= 4 is 28.3 Å². The van der Waals surface area contributed by atoms with Crippen molar-refractivity contribution in [2.45, 2.75) is 6.42 Å². The van der Waals surface area contributed by atoms with E-state index in [2.05, 4.69) is 15.3 Å². The zero-order valence-electron chi connectivity index (χ0n) is 11.7. The fourth-order valence-electron chi connectivity index (χ4n) is 2.17. The van der Waals surface area contributed by atoms with Gasteiger partial charge in [-0.05, 0) is 29.8 Å². The first-order chi connectivity index (χ1) is 10.8. The lowest BCUT2D eigenvalue weighted by Crippen LogP contribution is -2.20. The van der Waals surface area contributed by atoms with Crippen LogP contribution in [0.4, 0.5) is 11.5 Å². The van der Waals surface area contributed by atoms with Crippen LogP contribution in [0.15, 0.2) is 54.9 Å². The highest BCUT2D eigenvalue weighted by atomic mass is 16.5. The van der Waals surface area contributed by atoms with E-state index in [9.17, 15) is 4.79 Å². The minimum absolute atomic E-state index is 0.132. The lowest BCUT2D eigenvalue weighted by molar-refractivity contribution is -0.128. The smallest absolute Gasteiger partial charge is 0.247 e. The molecule has 0 fully saturated rings. The second-order valence-corrected chi connectivity index (χ2v) is 4.77. The van der Waals surface area contributed by atoms with Crippen LogP contribution in [0.25, 0.3) is 10.9 Å². The zero-order chi connectivity index (χ0) is 15.4. The molecule has 3 N–H and O–H groups in total. The monoisotopic (exact) mass is 294 g/mol. The molecule has 0 aliphatic heterocycles. The van der Waals surface area contributed by atoms with Crippen LogP contribution in [-0.2, 0) is 11.2 Å². The van der Waals surface area contributed by atoms with Crippen molar-refractivity contribution in [3.05, 3.63) is 60.4 Å². The van der Waals surface area contributed by atoms with E-state index in [-0.39, 0.29) is 6.42 Å². The number of fused-ring (bicyclic) bond motifs is 1. The number of para-hydroxylation sites is 1. The Morgan fingerprint density at radius 1 is 1.05 bits per heavy atom. The number of hydrogen-bond donors (Lipinski definition) is 3. The highest BCUT2D eigenvalue weighted by Gasteiger charge is 2.05. The Kier molecular flexibility index (Phi) is 3.93. The number of carbonyl (C=O) groups excluding carboxylic acids is 1. The molecule has 0 aliphatic carbocycles. The Morgan fingerprint density at radius 2 is 1.82 bits per heavy atom. The summed E-state index contributed by atoms with van der Waals surface area (Å²) in [6, 6.07) is 15.1. The summed E-state index contributed by atoms with van der Waals surface area (Å²) >= 11 is 0. The van der Waals surface area contributed by atoms with Crippen molar-refractivity contribution < 1.29 is 10.0 Å². The van der Waals surface area contributed by atoms with Gasteiger partial charge in [-0.2, -0.15) is 0 Å². The normalized spacial score (nSPS) is 10.4. The van der Waals surface area contributed by atoms with Crippen LogP contribution in [-0.4, -0.2) is 21.1 Å². The van der Waals surface area contributed by atoms with Crippen LogP contribution in [0.3, 0.4) is 0 Å². The third-order valence-electron chi connectivity index (χ3n) is 3.25. The Labute approximate surface area is 126 Å². The summed E-state index contributed by atoms with van der Waals surface area (Å²) in [5.41, 5.74) is 4.16. The van der Waals surface area contributed by atoms with Crippen LogP contribution in [0.1, 0.15) is 5.56 Å². The maximum absolute atomic E-state index is 11.1. The molecule has 1 heterocycles. The number of nitrogens with zero attached hydrogens (tertiary/aromatic N) is 2. The van der Waals surface area contributed by atoms with Crippen molar-refractivity contribution in [2.24, 2.45) is 0 Å². The van der Waals surface area contributed by atoms with Crippen LogP contribution in [0.2, 0.25) is 0 Å². The van der Waals surface area contributed by atoms with E-state index in [4.69, 9.17) is 5.21 Å². The molecule has 0 saturated carbocycles. The molecule has 3 rings (SSSR count). The molecular weight excluding hydrogens is 280 g/mol. The minimum Gasteiger partial charge on any atom is -0.340 e. The summed E-state index contributed by atoms with van der Waals surface area (Å²) in [4.78, 5) is 19.6. The number of rotatable bonds is 4. The fourth-order valence-corrected chi connectivity index (χ4v) is 2.17. The lowest BCUT2D eigenvalue weighted by atomic mass is 10.1. The summed E-state index contributed by atoms with van der Waals surface area (Å²) < 4.78 is 0. The number of carbonyl (C=O) groups is 1. The van der Waals surface area contributed by atoms with Crippen LogP contribution < -0.4 is 10.8 Å². The summed E-state index contributed by atoms with van der Waals surface area (Å²) in [6.07, 6.45) is 1.65. The van der Waals surface area contributed by atoms with Crippen molar-refractivity contribution in [1.29, 1.82) is 0 Å². The molecule has 0 bridgehead atoms. The van der Waals surface area contributed by atoms with Gasteiger partial charge >= 0.3 is 0 Å². The van der Waals surface area contributed by atoms with Gasteiger partial charge in [-0.15, -0.1) is 0 Å². The molecule has 0 aliphatic rings. The first-order valence-corrected chi connectivity index (χ1v) is 6.75. The van der Waals surface area contributed by atoms with Gasteiger partial charge in [0.15, 0.2) is 0 Å². The van der Waals surface area contributed by atoms with Gasteiger partial charge in [-0.3, -0.25) is 10.0 Å². The number of hydrogen-bond acceptors (Lipinski definition) is 5. The quantitative estimate of drug-likeness (QED) is 0.508. The zero-order valence-corrected chi connectivity index (χ0v) is 11.7. The van der Waals surface area contributed by atoms with Crippen molar-refractivity contribution in [2.75, 3.05) is 5.32 Å². The van der Waals surface area contributed by atoms with E-state index in [0.717, 1.165) is 28.0 Å². The van der Waals surface area contributed by atoms with Gasteiger partial charge in [-0.1, -0.05) is 24.3 Å². The molecule has 1 amide bonds. The first kappa shape index (κ1) is 14.0. The summed E-state index contributed by atoms with van der Waals surface area (Å²) in [7, 11) is 0. The molecule has 0 atom stereocenters. The number of anilines is 2. The second kappa shape index (κ2) is 6.19. The van der Waals surface area contributed by atoms with Gasteiger partial charge in [-0.25, -0.2) is 15.4 Å². The van der Waals surface area contributed by atoms with E-state index in [1.54, 1.807) is 5.48 Å². The van der Waals surface area contributed by atoms with Gasteiger partial charge in [0, 0.05) is 11.1 Å². The number of hydroxylamine groups is 1. The molecule has 0 radical (unpaired) electrons. The molecule has 0 saturated heterocycles. The number of aromatic nitrogens is 2. The highest BCUT2D eigenvalue weighted by molar-refractivity contribution is 5.90. The van der Waals surface area contributed by atoms with E-state index in [0.29, 0.717) is 0 Å². The summed E-state index contributed by atoms with van der Waals surface area (Å²) in [5.74, 6) is 0.286. The molecular formula is C16H14N4O2. The SMILES string of the molecule is O=C(Cc1ccc(Nc2ncnc3ccccc23)cc1)NO. The molecule has 110 valence electrons. The van der Waals surface area contributed by atoms with Crippen molar-refractivity contribution in [1.82, 2.24) is 15.4 Å². The highest BCUT2D eigenvalue weighted by Crippen LogP contribution is 2.22. The minimum atomic E-state index is -0.442. The molecule has 22 heavy (non-hydrogen) atoms. The molecule has 3 aromatic rings. The Bertz CT molecular complexity index is 797. The molecule has 0 spiro atoms. The maximum Gasteiger partial charge on any atom is 0.247 e. The van der Waals surface area contributed by atoms with Gasteiger partial charge in [0.05, 0.1) is 11.9 Å². The first-order valence-electron chi connectivity index (χ1n) is 6.75. The molecule has 6 heteroatoms. The molecule has 2 aromatic carbocycles. The van der Waals surface area contributed by atoms with E-state index in [1.165, 1.54) is 6.33 Å². The largest absolute Gasteiger partial charge is 0.340 e. The Balaban J connectivity index is 1.82. The molecule has 6 nitrogen and oxygen atoms in total. The average Bonchev–Trinajstić information content (AvgIpc) is 2.57. The Hall–Kier alpha value is -2.99. The maximum atomic E-state index is 11.1. The topological polar surface area (TPSA) is 87.1 Å². The third kappa shape index (κ3) is 3.02. The number of nitrogens with one attached hydrogen (secondary N) is 2. The van der Waals surface area contributed by atoms with Crippen molar-refractivity contribution in [3.8, 4) is 0 Å². The van der Waals surface area contributed by atoms with Crippen LogP contribution >= 0.6 is 0 Å². The molecule has 1 aromatic heterocycles. The number of amides is 1. The van der Waals surface area contributed by atoms with Gasteiger partial charge in [0.1, 0.15) is 12.1 Å². The van der Waals surface area contributed by atoms with Gasteiger partial charge < -0.3 is 5.32 Å².